The van der Waals surface area contributed by atoms with Gasteiger partial charge in [0.1, 0.15) is 5.75 Å². The molecule has 2 unspecified atom stereocenters. The first-order chi connectivity index (χ1) is 14.5. The molecular formula is C21H20N4O5. The summed E-state index contributed by atoms with van der Waals surface area (Å²) in [6, 6.07) is 12.1. The number of ether oxygens (including phenoxy) is 1. The zero-order valence-electron chi connectivity index (χ0n) is 16.4. The number of piperidine rings is 1. The van der Waals surface area contributed by atoms with Crippen molar-refractivity contribution < 1.29 is 23.8 Å². The first-order valence-electron chi connectivity index (χ1n) is 9.77. The van der Waals surface area contributed by atoms with Gasteiger partial charge in [0, 0.05) is 49.4 Å². The summed E-state index contributed by atoms with van der Waals surface area (Å²) in [5.74, 6) is -0.332. The summed E-state index contributed by atoms with van der Waals surface area (Å²) in [4.78, 5) is 27.2. The molecule has 2 aliphatic rings. The number of aromatic nitrogens is 3. The van der Waals surface area contributed by atoms with Crippen LogP contribution in [0.5, 0.6) is 11.7 Å². The molecule has 1 fully saturated rings. The molecule has 2 bridgehead atoms. The fraction of sp³-hybridized carbons (Fsp3) is 0.333. The standard InChI is InChI=1S/C21H20N4O5/c1-29-16-7-5-15(6-8-16)25-19(21(28)30-22-25)20(27)23-10-13-9-14(12-23)17-3-2-4-18(26)24(17)11-13/h2-8,13-14H,9-12H2,1H3. The van der Waals surface area contributed by atoms with E-state index in [-0.39, 0.29) is 23.1 Å². The van der Waals surface area contributed by atoms with E-state index in [1.54, 1.807) is 53.0 Å². The van der Waals surface area contributed by atoms with Crippen molar-refractivity contribution in [2.45, 2.75) is 18.9 Å². The number of hydrogen-bond acceptors (Lipinski definition) is 6. The Kier molecular flexibility index (Phi) is 4.30. The summed E-state index contributed by atoms with van der Waals surface area (Å²) in [5.41, 5.74) is 1.32. The largest absolute Gasteiger partial charge is 0.538 e. The number of carbonyl (C=O) groups excluding carboxylic acids is 1. The van der Waals surface area contributed by atoms with Crippen molar-refractivity contribution in [3.63, 3.8) is 0 Å². The number of amides is 1. The maximum Gasteiger partial charge on any atom is 0.327 e. The Morgan fingerprint density at radius 2 is 2.00 bits per heavy atom. The highest BCUT2D eigenvalue weighted by Crippen LogP contribution is 2.35. The molecule has 30 heavy (non-hydrogen) atoms. The predicted octanol–water partition coefficient (Wildman–Crippen LogP) is 0.455. The topological polar surface area (TPSA) is 105 Å². The number of rotatable bonds is 3. The maximum absolute atomic E-state index is 13.3. The molecule has 9 nitrogen and oxygen atoms in total. The number of likely N-dealkylation sites (tertiary alicyclic amines) is 1. The van der Waals surface area contributed by atoms with Crippen LogP contribution in [0, 0.1) is 5.92 Å². The molecule has 3 aromatic rings. The second kappa shape index (κ2) is 7.01. The molecule has 2 atom stereocenters. The van der Waals surface area contributed by atoms with Crippen molar-refractivity contribution >= 4 is 5.91 Å². The SMILES string of the molecule is COc1ccc(-[n+]2noc([O-])c2C(=O)N2CC3CC(C2)c2cccc(=O)n2C3)cc1. The van der Waals surface area contributed by atoms with Crippen molar-refractivity contribution in [3.8, 4) is 17.4 Å². The fourth-order valence-electron chi connectivity index (χ4n) is 4.54. The van der Waals surface area contributed by atoms with Crippen LogP contribution in [0.25, 0.3) is 5.69 Å². The zero-order chi connectivity index (χ0) is 20.8. The van der Waals surface area contributed by atoms with E-state index in [0.717, 1.165) is 12.1 Å². The summed E-state index contributed by atoms with van der Waals surface area (Å²) in [5, 5.41) is 16.1. The molecule has 1 saturated heterocycles. The average Bonchev–Trinajstić information content (AvgIpc) is 3.15. The van der Waals surface area contributed by atoms with E-state index in [1.807, 2.05) is 6.07 Å². The summed E-state index contributed by atoms with van der Waals surface area (Å²) < 4.78 is 13.0. The van der Waals surface area contributed by atoms with Gasteiger partial charge < -0.3 is 23.8 Å². The molecule has 2 aromatic heterocycles. The van der Waals surface area contributed by atoms with E-state index >= 15 is 0 Å². The minimum absolute atomic E-state index is 0.0137. The van der Waals surface area contributed by atoms with Gasteiger partial charge in [-0.05, 0) is 35.2 Å². The van der Waals surface area contributed by atoms with Gasteiger partial charge in [-0.1, -0.05) is 6.07 Å². The first kappa shape index (κ1) is 18.4. The van der Waals surface area contributed by atoms with Crippen LogP contribution in [0.3, 0.4) is 0 Å². The molecule has 0 N–H and O–H groups in total. The monoisotopic (exact) mass is 408 g/mol. The molecule has 5 rings (SSSR count). The van der Waals surface area contributed by atoms with Crippen molar-refractivity contribution in [2.75, 3.05) is 20.2 Å². The van der Waals surface area contributed by atoms with Gasteiger partial charge in [0.15, 0.2) is 5.95 Å². The lowest BCUT2D eigenvalue weighted by atomic mass is 9.83. The van der Waals surface area contributed by atoms with Crippen LogP contribution in [0.15, 0.2) is 51.8 Å². The average molecular weight is 408 g/mol. The number of benzene rings is 1. The predicted molar refractivity (Wildman–Crippen MR) is 101 cm³/mol. The Balaban J connectivity index is 1.46. The minimum atomic E-state index is -0.775. The lowest BCUT2D eigenvalue weighted by molar-refractivity contribution is -0.672. The van der Waals surface area contributed by atoms with E-state index in [2.05, 4.69) is 5.27 Å². The third kappa shape index (κ3) is 2.94. The molecule has 0 aliphatic carbocycles. The molecule has 1 amide bonds. The van der Waals surface area contributed by atoms with Gasteiger partial charge in [-0.3, -0.25) is 9.59 Å². The van der Waals surface area contributed by atoms with E-state index in [0.29, 0.717) is 31.1 Å². The number of pyridine rings is 1. The second-order valence-corrected chi connectivity index (χ2v) is 7.73. The normalized spacial score (nSPS) is 20.0. The maximum atomic E-state index is 13.3. The Labute approximate surface area is 171 Å². The van der Waals surface area contributed by atoms with Crippen LogP contribution in [-0.2, 0) is 6.54 Å². The quantitative estimate of drug-likeness (QED) is 0.583. The number of carbonyl (C=O) groups is 1. The molecule has 0 saturated carbocycles. The summed E-state index contributed by atoms with van der Waals surface area (Å²) in [7, 11) is 1.56. The minimum Gasteiger partial charge on any atom is -0.538 e. The third-order valence-corrected chi connectivity index (χ3v) is 5.90. The van der Waals surface area contributed by atoms with Crippen molar-refractivity contribution in [1.29, 1.82) is 0 Å². The molecule has 154 valence electrons. The van der Waals surface area contributed by atoms with E-state index in [4.69, 9.17) is 9.26 Å². The summed E-state index contributed by atoms with van der Waals surface area (Å²) in [6.45, 7) is 1.48. The summed E-state index contributed by atoms with van der Waals surface area (Å²) >= 11 is 0. The lowest BCUT2D eigenvalue weighted by Gasteiger charge is -2.42. The lowest BCUT2D eigenvalue weighted by Crippen LogP contribution is -2.51. The van der Waals surface area contributed by atoms with Crippen LogP contribution in [-0.4, -0.2) is 40.8 Å². The number of methoxy groups -OCH3 is 1. The zero-order valence-corrected chi connectivity index (χ0v) is 16.4. The Morgan fingerprint density at radius 1 is 1.20 bits per heavy atom. The molecule has 2 aliphatic heterocycles. The highest BCUT2D eigenvalue weighted by molar-refractivity contribution is 5.92. The Morgan fingerprint density at radius 3 is 2.77 bits per heavy atom. The third-order valence-electron chi connectivity index (χ3n) is 5.90. The van der Waals surface area contributed by atoms with Crippen molar-refractivity contribution in [2.24, 2.45) is 5.92 Å². The van der Waals surface area contributed by atoms with Gasteiger partial charge >= 0.3 is 11.6 Å². The Hall–Kier alpha value is -3.62. The van der Waals surface area contributed by atoms with Crippen LogP contribution in [0.1, 0.15) is 28.5 Å². The van der Waals surface area contributed by atoms with Crippen LogP contribution in [0.2, 0.25) is 0 Å². The number of fused-ring (bicyclic) bond motifs is 4. The van der Waals surface area contributed by atoms with Crippen molar-refractivity contribution in [1.82, 2.24) is 14.7 Å². The Bertz CT molecular complexity index is 1170. The second-order valence-electron chi connectivity index (χ2n) is 7.73. The van der Waals surface area contributed by atoms with Gasteiger partial charge in [-0.15, -0.1) is 0 Å². The molecule has 4 heterocycles. The van der Waals surface area contributed by atoms with Crippen molar-refractivity contribution in [3.05, 3.63) is 64.2 Å². The summed E-state index contributed by atoms with van der Waals surface area (Å²) in [6.07, 6.45) is 0.916. The molecule has 1 aromatic carbocycles. The van der Waals surface area contributed by atoms with E-state index < -0.39 is 11.9 Å². The number of nitrogens with zero attached hydrogens (tertiary/aromatic N) is 4. The highest BCUT2D eigenvalue weighted by Gasteiger charge is 2.40. The van der Waals surface area contributed by atoms with Gasteiger partial charge in [-0.2, -0.15) is 0 Å². The molecule has 0 spiro atoms. The van der Waals surface area contributed by atoms with Gasteiger partial charge in [0.05, 0.1) is 12.4 Å². The van der Waals surface area contributed by atoms with Crippen LogP contribution in [0.4, 0.5) is 0 Å². The smallest absolute Gasteiger partial charge is 0.327 e. The van der Waals surface area contributed by atoms with E-state index in [9.17, 15) is 14.7 Å². The molecule has 0 radical (unpaired) electrons. The van der Waals surface area contributed by atoms with Crippen LogP contribution < -0.4 is 20.1 Å². The van der Waals surface area contributed by atoms with E-state index in [1.165, 1.54) is 4.68 Å². The highest BCUT2D eigenvalue weighted by atomic mass is 16.6. The van der Waals surface area contributed by atoms with Crippen LogP contribution >= 0.6 is 0 Å². The fourth-order valence-corrected chi connectivity index (χ4v) is 4.54. The van der Waals surface area contributed by atoms with Gasteiger partial charge in [0.25, 0.3) is 5.56 Å². The number of hydrogen-bond donors (Lipinski definition) is 0. The van der Waals surface area contributed by atoms with Gasteiger partial charge in [0.2, 0.25) is 5.69 Å². The van der Waals surface area contributed by atoms with Gasteiger partial charge in [-0.25, -0.2) is 0 Å². The molecule has 9 heteroatoms. The molecular weight excluding hydrogens is 388 g/mol. The first-order valence-corrected chi connectivity index (χ1v) is 9.77.